The van der Waals surface area contributed by atoms with Gasteiger partial charge in [0.2, 0.25) is 0 Å². The van der Waals surface area contributed by atoms with Gasteiger partial charge in [-0.05, 0) is 95.0 Å². The second-order valence-electron chi connectivity index (χ2n) is 11.1. The standard InChI is InChI=1S/C37H23N.C6H10/c1-2-6-30-24(4-1)5-3-7-31(30)25-8-10-26(11-9-25)32-16-12-28-15-19-35-33(27-20-22-38-23-21-27)17-13-29-14-18-34(32)36(28)37(29)35;1-3-5-6-4-2/h1-23H;3,5-6H,1,4H2,2H3/b;6-5-. The minimum atomic E-state index is 1.10. The fourth-order valence-electron chi connectivity index (χ4n) is 6.37. The molecule has 7 aromatic carbocycles. The van der Waals surface area contributed by atoms with Gasteiger partial charge in [0.25, 0.3) is 0 Å². The molecular formula is C43H33N. The summed E-state index contributed by atoms with van der Waals surface area (Å²) in [5.41, 5.74) is 7.47. The second-order valence-corrected chi connectivity index (χ2v) is 11.1. The van der Waals surface area contributed by atoms with E-state index >= 15 is 0 Å². The van der Waals surface area contributed by atoms with Crippen molar-refractivity contribution in [3.05, 3.63) is 165 Å². The molecule has 0 spiro atoms. The van der Waals surface area contributed by atoms with Crippen LogP contribution in [-0.4, -0.2) is 4.98 Å². The van der Waals surface area contributed by atoms with Crippen LogP contribution in [0.15, 0.2) is 165 Å². The highest BCUT2D eigenvalue weighted by Gasteiger charge is 2.15. The number of aromatic nitrogens is 1. The van der Waals surface area contributed by atoms with Crippen LogP contribution >= 0.6 is 0 Å². The van der Waals surface area contributed by atoms with Crippen molar-refractivity contribution < 1.29 is 0 Å². The molecule has 0 atom stereocenters. The molecule has 0 aliphatic carbocycles. The van der Waals surface area contributed by atoms with Crippen molar-refractivity contribution in [1.82, 2.24) is 4.98 Å². The van der Waals surface area contributed by atoms with E-state index < -0.39 is 0 Å². The Morgan fingerprint density at radius 2 is 1.02 bits per heavy atom. The van der Waals surface area contributed by atoms with Gasteiger partial charge < -0.3 is 0 Å². The van der Waals surface area contributed by atoms with Crippen molar-refractivity contribution in [2.45, 2.75) is 13.3 Å². The van der Waals surface area contributed by atoms with Crippen molar-refractivity contribution in [3.8, 4) is 33.4 Å². The van der Waals surface area contributed by atoms with Gasteiger partial charge in [-0.1, -0.05) is 147 Å². The monoisotopic (exact) mass is 563 g/mol. The Hall–Kier alpha value is -5.53. The summed E-state index contributed by atoms with van der Waals surface area (Å²) in [6.45, 7) is 5.61. The predicted octanol–water partition coefficient (Wildman–Crippen LogP) is 12.3. The van der Waals surface area contributed by atoms with E-state index in [4.69, 9.17) is 0 Å². The lowest BCUT2D eigenvalue weighted by Gasteiger charge is -2.16. The molecule has 0 unspecified atom stereocenters. The fourth-order valence-corrected chi connectivity index (χ4v) is 6.37. The van der Waals surface area contributed by atoms with Gasteiger partial charge in [-0.3, -0.25) is 4.98 Å². The van der Waals surface area contributed by atoms with Crippen molar-refractivity contribution in [2.24, 2.45) is 0 Å². The van der Waals surface area contributed by atoms with Crippen LogP contribution in [-0.2, 0) is 0 Å². The predicted molar refractivity (Wildman–Crippen MR) is 191 cm³/mol. The lowest BCUT2D eigenvalue weighted by atomic mass is 9.87. The van der Waals surface area contributed by atoms with E-state index in [0.717, 1.165) is 6.42 Å². The summed E-state index contributed by atoms with van der Waals surface area (Å²) in [5.74, 6) is 0. The van der Waals surface area contributed by atoms with Crippen LogP contribution in [0.2, 0.25) is 0 Å². The molecule has 0 saturated heterocycles. The first-order chi connectivity index (χ1) is 21.8. The van der Waals surface area contributed by atoms with E-state index in [1.165, 1.54) is 76.5 Å². The maximum absolute atomic E-state index is 4.22. The van der Waals surface area contributed by atoms with E-state index in [2.05, 4.69) is 152 Å². The topological polar surface area (TPSA) is 12.9 Å². The minimum Gasteiger partial charge on any atom is -0.265 e. The van der Waals surface area contributed by atoms with Gasteiger partial charge in [-0.25, -0.2) is 0 Å². The summed E-state index contributed by atoms with van der Waals surface area (Å²) < 4.78 is 0. The molecule has 0 N–H and O–H groups in total. The van der Waals surface area contributed by atoms with Gasteiger partial charge in [0.05, 0.1) is 0 Å². The van der Waals surface area contributed by atoms with Crippen molar-refractivity contribution in [2.75, 3.05) is 0 Å². The van der Waals surface area contributed by atoms with Gasteiger partial charge in [-0.2, -0.15) is 0 Å². The maximum Gasteiger partial charge on any atom is 0.0273 e. The number of benzene rings is 7. The molecule has 0 aliphatic heterocycles. The van der Waals surface area contributed by atoms with Gasteiger partial charge in [-0.15, -0.1) is 0 Å². The Morgan fingerprint density at radius 1 is 0.500 bits per heavy atom. The summed E-state index contributed by atoms with van der Waals surface area (Å²) >= 11 is 0. The van der Waals surface area contributed by atoms with Crippen molar-refractivity contribution in [3.63, 3.8) is 0 Å². The number of rotatable bonds is 5. The molecule has 8 rings (SSSR count). The average molecular weight is 564 g/mol. The van der Waals surface area contributed by atoms with Crippen LogP contribution in [0.5, 0.6) is 0 Å². The van der Waals surface area contributed by atoms with Gasteiger partial charge >= 0.3 is 0 Å². The summed E-state index contributed by atoms with van der Waals surface area (Å²) in [6, 6.07) is 46.5. The number of fused-ring (bicyclic) bond motifs is 1. The minimum absolute atomic E-state index is 1.10. The fraction of sp³-hybridized carbons (Fsp3) is 0.0465. The van der Waals surface area contributed by atoms with Crippen LogP contribution in [0, 0.1) is 0 Å². The van der Waals surface area contributed by atoms with Gasteiger partial charge in [0.1, 0.15) is 0 Å². The Bertz CT molecular complexity index is 2250. The molecule has 44 heavy (non-hydrogen) atoms. The molecule has 1 heterocycles. The quantitative estimate of drug-likeness (QED) is 0.150. The molecule has 0 bridgehead atoms. The number of allylic oxidation sites excluding steroid dienone is 3. The smallest absolute Gasteiger partial charge is 0.0273 e. The van der Waals surface area contributed by atoms with Crippen molar-refractivity contribution in [1.29, 1.82) is 0 Å². The zero-order chi connectivity index (χ0) is 29.9. The molecule has 0 fully saturated rings. The number of nitrogens with zero attached hydrogens (tertiary/aromatic N) is 1. The molecule has 1 heteroatoms. The summed E-state index contributed by atoms with van der Waals surface area (Å²) in [5, 5.41) is 10.4. The third kappa shape index (κ3) is 4.93. The third-order valence-electron chi connectivity index (χ3n) is 8.46. The second kappa shape index (κ2) is 12.0. The highest BCUT2D eigenvalue weighted by Crippen LogP contribution is 2.42. The first kappa shape index (κ1) is 27.3. The lowest BCUT2D eigenvalue weighted by Crippen LogP contribution is -1.89. The van der Waals surface area contributed by atoms with E-state index in [1.807, 2.05) is 18.5 Å². The maximum atomic E-state index is 4.22. The Labute approximate surface area is 258 Å². The summed E-state index contributed by atoms with van der Waals surface area (Å²) in [7, 11) is 0. The molecule has 0 saturated carbocycles. The highest BCUT2D eigenvalue weighted by molar-refractivity contribution is 6.27. The first-order valence-corrected chi connectivity index (χ1v) is 15.2. The third-order valence-corrected chi connectivity index (χ3v) is 8.46. The van der Waals surface area contributed by atoms with Crippen LogP contribution in [0.4, 0.5) is 0 Å². The molecule has 0 amide bonds. The van der Waals surface area contributed by atoms with Crippen LogP contribution < -0.4 is 0 Å². The van der Waals surface area contributed by atoms with E-state index in [1.54, 1.807) is 6.08 Å². The highest BCUT2D eigenvalue weighted by atomic mass is 14.6. The number of pyridine rings is 1. The van der Waals surface area contributed by atoms with Crippen LogP contribution in [0.3, 0.4) is 0 Å². The zero-order valence-corrected chi connectivity index (χ0v) is 24.9. The Kier molecular flexibility index (Phi) is 7.44. The van der Waals surface area contributed by atoms with Crippen molar-refractivity contribution >= 4 is 43.1 Å². The zero-order valence-electron chi connectivity index (χ0n) is 24.9. The molecule has 0 radical (unpaired) electrons. The van der Waals surface area contributed by atoms with Gasteiger partial charge in [0, 0.05) is 12.4 Å². The Morgan fingerprint density at radius 3 is 1.59 bits per heavy atom. The van der Waals surface area contributed by atoms with Crippen LogP contribution in [0.1, 0.15) is 13.3 Å². The molecular weight excluding hydrogens is 530 g/mol. The molecule has 210 valence electrons. The van der Waals surface area contributed by atoms with E-state index in [-0.39, 0.29) is 0 Å². The van der Waals surface area contributed by atoms with Crippen LogP contribution in [0.25, 0.3) is 76.5 Å². The largest absolute Gasteiger partial charge is 0.265 e. The lowest BCUT2D eigenvalue weighted by molar-refractivity contribution is 1.22. The molecule has 8 aromatic rings. The van der Waals surface area contributed by atoms with Gasteiger partial charge in [0.15, 0.2) is 0 Å². The number of hydrogen-bond acceptors (Lipinski definition) is 1. The molecule has 1 aromatic heterocycles. The van der Waals surface area contributed by atoms with E-state index in [9.17, 15) is 0 Å². The first-order valence-electron chi connectivity index (χ1n) is 15.2. The van der Waals surface area contributed by atoms with E-state index in [0.29, 0.717) is 0 Å². The normalized spacial score (nSPS) is 11.4. The summed E-state index contributed by atoms with van der Waals surface area (Å²) in [6.07, 6.45) is 10.6. The molecule has 0 aliphatic rings. The number of hydrogen-bond donors (Lipinski definition) is 0. The summed E-state index contributed by atoms with van der Waals surface area (Å²) in [4.78, 5) is 4.22. The molecule has 1 nitrogen and oxygen atoms in total. The Balaban J connectivity index is 0.000000477. The average Bonchev–Trinajstić information content (AvgIpc) is 3.10. The SMILES string of the molecule is C=C/C=C\CC.c1ccc2c(-c3ccc(-c4ccc5ccc6c(-c7ccncc7)ccc7ccc4c5c76)cc3)cccc2c1.